The highest BCUT2D eigenvalue weighted by Gasteiger charge is 2.36. The highest BCUT2D eigenvalue weighted by molar-refractivity contribution is 6.74. The topological polar surface area (TPSA) is 21.3 Å². The van der Waals surface area contributed by atoms with Gasteiger partial charge in [0.25, 0.3) is 0 Å². The van der Waals surface area contributed by atoms with Gasteiger partial charge in [-0.1, -0.05) is 32.4 Å². The zero-order valence-corrected chi connectivity index (χ0v) is 14.6. The maximum absolute atomic E-state index is 6.15. The molecule has 19 heavy (non-hydrogen) atoms. The van der Waals surface area contributed by atoms with Crippen LogP contribution in [0.3, 0.4) is 0 Å². The molecule has 0 aliphatic heterocycles. The van der Waals surface area contributed by atoms with Crippen molar-refractivity contribution in [3.8, 4) is 0 Å². The Kier molecular flexibility index (Phi) is 6.78. The third-order valence-corrected chi connectivity index (χ3v) is 9.09. The van der Waals surface area contributed by atoms with Gasteiger partial charge in [-0.15, -0.1) is 0 Å². The first-order valence-corrected chi connectivity index (χ1v) is 10.8. The van der Waals surface area contributed by atoms with Crippen molar-refractivity contribution in [2.45, 2.75) is 71.0 Å². The van der Waals surface area contributed by atoms with Gasteiger partial charge in [-0.2, -0.15) is 0 Å². The molecule has 0 bridgehead atoms. The van der Waals surface area contributed by atoms with Gasteiger partial charge < -0.3 is 9.74 Å². The molecule has 3 heteroatoms. The van der Waals surface area contributed by atoms with Gasteiger partial charge in [-0.3, -0.25) is 0 Å². The Bertz CT molecular complexity index is 292. The maximum atomic E-state index is 6.15. The summed E-state index contributed by atoms with van der Waals surface area (Å²) in [6, 6.07) is 0. The maximum Gasteiger partial charge on any atom is 0.192 e. The highest BCUT2D eigenvalue weighted by Crippen LogP contribution is 2.36. The lowest BCUT2D eigenvalue weighted by atomic mass is 9.97. The van der Waals surface area contributed by atoms with Gasteiger partial charge in [-0.25, -0.2) is 0 Å². The molecule has 0 heterocycles. The van der Waals surface area contributed by atoms with Crippen LogP contribution in [0, 0.1) is 0 Å². The first-order valence-electron chi connectivity index (χ1n) is 7.85. The fraction of sp³-hybridized carbons (Fsp3) is 0.875. The lowest BCUT2D eigenvalue weighted by molar-refractivity contribution is 0.286. The molecule has 0 aromatic carbocycles. The van der Waals surface area contributed by atoms with Crippen molar-refractivity contribution in [2.75, 3.05) is 19.7 Å². The van der Waals surface area contributed by atoms with Crippen LogP contribution in [0.25, 0.3) is 0 Å². The van der Waals surface area contributed by atoms with Crippen LogP contribution in [-0.4, -0.2) is 28.0 Å². The van der Waals surface area contributed by atoms with Gasteiger partial charge in [0.1, 0.15) is 0 Å². The molecule has 1 N–H and O–H groups in total. The molecule has 0 fully saturated rings. The number of allylic oxidation sites excluding steroid dienone is 1. The van der Waals surface area contributed by atoms with Crippen molar-refractivity contribution in [3.05, 3.63) is 11.6 Å². The molecule has 0 aromatic heterocycles. The fourth-order valence-corrected chi connectivity index (χ4v) is 3.15. The minimum absolute atomic E-state index is 0.319. The van der Waals surface area contributed by atoms with E-state index in [1.807, 2.05) is 0 Å². The highest BCUT2D eigenvalue weighted by atomic mass is 28.4. The Hall–Kier alpha value is -0.123. The van der Waals surface area contributed by atoms with Gasteiger partial charge in [0.05, 0.1) is 0 Å². The SMILES string of the molecule is CC(C)(C)[Si](C)(C)OCCNCCC1=CCCCC1. The van der Waals surface area contributed by atoms with E-state index in [2.05, 4.69) is 45.3 Å². The molecule has 1 aliphatic rings. The quantitative estimate of drug-likeness (QED) is 0.422. The van der Waals surface area contributed by atoms with E-state index < -0.39 is 8.32 Å². The molecule has 1 rings (SSSR count). The Morgan fingerprint density at radius 3 is 2.53 bits per heavy atom. The van der Waals surface area contributed by atoms with Crippen LogP contribution in [0.2, 0.25) is 18.1 Å². The molecule has 0 amide bonds. The third-order valence-electron chi connectivity index (χ3n) is 4.56. The summed E-state index contributed by atoms with van der Waals surface area (Å²) < 4.78 is 6.15. The molecule has 0 radical (unpaired) electrons. The first-order chi connectivity index (χ1) is 8.83. The Labute approximate surface area is 121 Å². The molecule has 112 valence electrons. The lowest BCUT2D eigenvalue weighted by Crippen LogP contribution is -2.42. The first kappa shape index (κ1) is 16.9. The van der Waals surface area contributed by atoms with E-state index in [9.17, 15) is 0 Å². The summed E-state index contributed by atoms with van der Waals surface area (Å²) in [6.45, 7) is 14.5. The van der Waals surface area contributed by atoms with E-state index in [0.29, 0.717) is 5.04 Å². The van der Waals surface area contributed by atoms with E-state index in [4.69, 9.17) is 4.43 Å². The number of nitrogens with one attached hydrogen (secondary N) is 1. The van der Waals surface area contributed by atoms with Gasteiger partial charge >= 0.3 is 0 Å². The summed E-state index contributed by atoms with van der Waals surface area (Å²) in [6.07, 6.45) is 9.06. The van der Waals surface area contributed by atoms with E-state index in [1.165, 1.54) is 32.1 Å². The summed E-state index contributed by atoms with van der Waals surface area (Å²) in [7, 11) is -1.55. The molecule has 0 spiro atoms. The average Bonchev–Trinajstić information content (AvgIpc) is 2.33. The van der Waals surface area contributed by atoms with E-state index in [1.54, 1.807) is 5.57 Å². The molecule has 1 aliphatic carbocycles. The number of hydrogen-bond donors (Lipinski definition) is 1. The summed E-state index contributed by atoms with van der Waals surface area (Å²) in [5.41, 5.74) is 1.66. The Morgan fingerprint density at radius 1 is 1.21 bits per heavy atom. The van der Waals surface area contributed by atoms with Crippen LogP contribution in [-0.2, 0) is 4.43 Å². The summed E-state index contributed by atoms with van der Waals surface area (Å²) in [5, 5.41) is 3.83. The smallest absolute Gasteiger partial charge is 0.192 e. The minimum Gasteiger partial charge on any atom is -0.416 e. The molecule has 0 atom stereocenters. The monoisotopic (exact) mass is 283 g/mol. The minimum atomic E-state index is -1.55. The van der Waals surface area contributed by atoms with Crippen molar-refractivity contribution in [1.29, 1.82) is 0 Å². The van der Waals surface area contributed by atoms with Crippen molar-refractivity contribution >= 4 is 8.32 Å². The fourth-order valence-electron chi connectivity index (χ4n) is 2.10. The second kappa shape index (κ2) is 7.60. The Balaban J connectivity index is 2.07. The van der Waals surface area contributed by atoms with Crippen LogP contribution in [0.15, 0.2) is 11.6 Å². The Morgan fingerprint density at radius 2 is 1.95 bits per heavy atom. The summed E-state index contributed by atoms with van der Waals surface area (Å²) >= 11 is 0. The predicted octanol–water partition coefficient (Wildman–Crippen LogP) is 4.49. The van der Waals surface area contributed by atoms with Crippen molar-refractivity contribution in [1.82, 2.24) is 5.32 Å². The predicted molar refractivity (Wildman–Crippen MR) is 87.2 cm³/mol. The molecule has 2 nitrogen and oxygen atoms in total. The molecule has 0 aromatic rings. The van der Waals surface area contributed by atoms with Crippen LogP contribution in [0.1, 0.15) is 52.9 Å². The van der Waals surface area contributed by atoms with Gasteiger partial charge in [-0.05, 0) is 56.8 Å². The van der Waals surface area contributed by atoms with E-state index in [0.717, 1.165) is 19.7 Å². The van der Waals surface area contributed by atoms with E-state index >= 15 is 0 Å². The summed E-state index contributed by atoms with van der Waals surface area (Å²) in [5.74, 6) is 0. The molecular weight excluding hydrogens is 250 g/mol. The number of hydrogen-bond acceptors (Lipinski definition) is 2. The molecule has 0 saturated heterocycles. The zero-order chi connectivity index (χ0) is 14.4. The molecule has 0 saturated carbocycles. The number of rotatable bonds is 7. The zero-order valence-electron chi connectivity index (χ0n) is 13.6. The molecule has 0 unspecified atom stereocenters. The van der Waals surface area contributed by atoms with Gasteiger partial charge in [0.2, 0.25) is 0 Å². The largest absolute Gasteiger partial charge is 0.416 e. The van der Waals surface area contributed by atoms with E-state index in [-0.39, 0.29) is 0 Å². The van der Waals surface area contributed by atoms with Gasteiger partial charge in [0.15, 0.2) is 8.32 Å². The average molecular weight is 284 g/mol. The van der Waals surface area contributed by atoms with Crippen molar-refractivity contribution in [3.63, 3.8) is 0 Å². The van der Waals surface area contributed by atoms with Crippen LogP contribution in [0.4, 0.5) is 0 Å². The standard InChI is InChI=1S/C16H33NOSi/c1-16(2,3)19(4,5)18-14-13-17-12-11-15-9-7-6-8-10-15/h9,17H,6-8,10-14H2,1-5H3. The molecular formula is C16H33NOSi. The van der Waals surface area contributed by atoms with Crippen molar-refractivity contribution in [2.24, 2.45) is 0 Å². The van der Waals surface area contributed by atoms with Crippen LogP contribution in [0.5, 0.6) is 0 Å². The third kappa shape index (κ3) is 6.24. The second-order valence-corrected chi connectivity index (χ2v) is 12.0. The second-order valence-electron chi connectivity index (χ2n) is 7.22. The lowest BCUT2D eigenvalue weighted by Gasteiger charge is -2.36. The van der Waals surface area contributed by atoms with Crippen LogP contribution < -0.4 is 5.32 Å². The normalized spacial score (nSPS) is 17.4. The van der Waals surface area contributed by atoms with Crippen LogP contribution >= 0.6 is 0 Å². The van der Waals surface area contributed by atoms with Gasteiger partial charge in [0, 0.05) is 13.2 Å². The van der Waals surface area contributed by atoms with Crippen molar-refractivity contribution < 1.29 is 4.43 Å². The summed E-state index contributed by atoms with van der Waals surface area (Å²) in [4.78, 5) is 0.